The fourth-order valence-electron chi connectivity index (χ4n) is 2.34. The van der Waals surface area contributed by atoms with Gasteiger partial charge in [-0.2, -0.15) is 13.2 Å². The number of carbonyl (C=O) groups excluding carboxylic acids is 1. The van der Waals surface area contributed by atoms with Gasteiger partial charge in [0.2, 0.25) is 5.91 Å². The van der Waals surface area contributed by atoms with E-state index in [1.54, 1.807) is 6.07 Å². The third-order valence-corrected chi connectivity index (χ3v) is 3.76. The Morgan fingerprint density at radius 1 is 1.42 bits per heavy atom. The zero-order valence-corrected chi connectivity index (χ0v) is 11.1. The maximum Gasteiger partial charge on any atom is 0.416 e. The van der Waals surface area contributed by atoms with Crippen LogP contribution in [0.2, 0.25) is 0 Å². The normalized spacial score (nSPS) is 20.2. The largest absolute Gasteiger partial charge is 0.416 e. The molecular formula is C13H13ClF3NO. The predicted octanol–water partition coefficient (Wildman–Crippen LogP) is 3.61. The van der Waals surface area contributed by atoms with E-state index >= 15 is 0 Å². The molecule has 0 aromatic heterocycles. The molecule has 1 aliphatic rings. The molecule has 2 nitrogen and oxygen atoms in total. The highest BCUT2D eigenvalue weighted by atomic mass is 35.5. The van der Waals surface area contributed by atoms with Crippen molar-refractivity contribution in [2.75, 3.05) is 17.3 Å². The molecule has 104 valence electrons. The van der Waals surface area contributed by atoms with Crippen molar-refractivity contribution >= 4 is 23.2 Å². The van der Waals surface area contributed by atoms with Gasteiger partial charge in [0.15, 0.2) is 0 Å². The predicted molar refractivity (Wildman–Crippen MR) is 67.4 cm³/mol. The first kappa shape index (κ1) is 14.2. The van der Waals surface area contributed by atoms with E-state index in [2.05, 4.69) is 0 Å². The van der Waals surface area contributed by atoms with Crippen LogP contribution in [0, 0.1) is 12.8 Å². The fourth-order valence-corrected chi connectivity index (χ4v) is 2.55. The van der Waals surface area contributed by atoms with Gasteiger partial charge < -0.3 is 4.90 Å². The van der Waals surface area contributed by atoms with E-state index in [0.717, 1.165) is 6.07 Å². The third-order valence-electron chi connectivity index (χ3n) is 3.32. The second-order valence-electron chi connectivity index (χ2n) is 4.68. The Balaban J connectivity index is 2.39. The van der Waals surface area contributed by atoms with E-state index in [1.807, 2.05) is 0 Å². The summed E-state index contributed by atoms with van der Waals surface area (Å²) >= 11 is 5.71. The molecule has 0 bridgehead atoms. The van der Waals surface area contributed by atoms with E-state index in [0.29, 0.717) is 24.5 Å². The Morgan fingerprint density at radius 2 is 2.11 bits per heavy atom. The molecule has 19 heavy (non-hydrogen) atoms. The van der Waals surface area contributed by atoms with Crippen molar-refractivity contribution in [1.29, 1.82) is 0 Å². The second kappa shape index (κ2) is 5.04. The number of benzene rings is 1. The van der Waals surface area contributed by atoms with Gasteiger partial charge in [0, 0.05) is 24.5 Å². The highest BCUT2D eigenvalue weighted by Gasteiger charge is 2.36. The molecule has 1 fully saturated rings. The highest BCUT2D eigenvalue weighted by Crippen LogP contribution is 2.37. The number of anilines is 1. The maximum atomic E-state index is 12.8. The van der Waals surface area contributed by atoms with Crippen LogP contribution in [-0.4, -0.2) is 18.3 Å². The summed E-state index contributed by atoms with van der Waals surface area (Å²) in [6.07, 6.45) is -4.12. The third kappa shape index (κ3) is 2.71. The monoisotopic (exact) mass is 291 g/mol. The number of hydrogen-bond donors (Lipinski definition) is 0. The number of rotatable bonds is 2. The molecule has 6 heteroatoms. The number of hydrogen-bond acceptors (Lipinski definition) is 1. The Morgan fingerprint density at radius 3 is 2.63 bits per heavy atom. The number of alkyl halides is 4. The Kier molecular flexibility index (Phi) is 3.76. The molecule has 1 unspecified atom stereocenters. The van der Waals surface area contributed by atoms with Crippen molar-refractivity contribution in [3.63, 3.8) is 0 Å². The number of halogens is 4. The second-order valence-corrected chi connectivity index (χ2v) is 4.98. The zero-order chi connectivity index (χ0) is 14.2. The van der Waals surface area contributed by atoms with Gasteiger partial charge in [-0.15, -0.1) is 11.6 Å². The van der Waals surface area contributed by atoms with Crippen LogP contribution < -0.4 is 4.90 Å². The van der Waals surface area contributed by atoms with E-state index < -0.39 is 11.7 Å². The van der Waals surface area contributed by atoms with Gasteiger partial charge in [-0.25, -0.2) is 0 Å². The molecule has 0 N–H and O–H groups in total. The van der Waals surface area contributed by atoms with Crippen LogP contribution in [-0.2, 0) is 11.0 Å². The summed E-state index contributed by atoms with van der Waals surface area (Å²) in [6, 6.07) is 3.89. The van der Waals surface area contributed by atoms with Crippen molar-refractivity contribution in [3.8, 4) is 0 Å². The Bertz CT molecular complexity index is 501. The fraction of sp³-hybridized carbons (Fsp3) is 0.462. The Hall–Kier alpha value is -1.23. The van der Waals surface area contributed by atoms with Crippen molar-refractivity contribution < 1.29 is 18.0 Å². The topological polar surface area (TPSA) is 20.3 Å². The summed E-state index contributed by atoms with van der Waals surface area (Å²) in [5.41, 5.74) is -0.293. The summed E-state index contributed by atoms with van der Waals surface area (Å²) in [4.78, 5) is 13.2. The molecule has 1 heterocycles. The molecular weight excluding hydrogens is 279 g/mol. The average molecular weight is 292 g/mol. The lowest BCUT2D eigenvalue weighted by Gasteiger charge is -2.21. The maximum absolute atomic E-state index is 12.8. The lowest BCUT2D eigenvalue weighted by atomic mass is 10.1. The van der Waals surface area contributed by atoms with Gasteiger partial charge in [-0.1, -0.05) is 6.07 Å². The first-order valence-electron chi connectivity index (χ1n) is 5.87. The minimum atomic E-state index is -4.41. The molecule has 0 aliphatic carbocycles. The van der Waals surface area contributed by atoms with Gasteiger partial charge in [-0.05, 0) is 30.5 Å². The van der Waals surface area contributed by atoms with Crippen LogP contribution >= 0.6 is 11.6 Å². The summed E-state index contributed by atoms with van der Waals surface area (Å²) in [6.45, 7) is 1.77. The van der Waals surface area contributed by atoms with Gasteiger partial charge in [0.25, 0.3) is 0 Å². The Labute approximate surface area is 114 Å². The van der Waals surface area contributed by atoms with Gasteiger partial charge >= 0.3 is 6.18 Å². The standard InChI is InChI=1S/C13H13ClF3NO/c1-8-10(13(15,16)17)3-2-4-11(8)18-7-9(6-14)5-12(18)19/h2-4,9H,5-7H2,1H3. The van der Waals surface area contributed by atoms with Gasteiger partial charge in [-0.3, -0.25) is 4.79 Å². The SMILES string of the molecule is Cc1c(N2CC(CCl)CC2=O)cccc1C(F)(F)F. The minimum Gasteiger partial charge on any atom is -0.312 e. The molecule has 0 saturated carbocycles. The molecule has 1 aromatic rings. The van der Waals surface area contributed by atoms with Crippen molar-refractivity contribution in [1.82, 2.24) is 0 Å². The smallest absolute Gasteiger partial charge is 0.312 e. The van der Waals surface area contributed by atoms with Crippen LogP contribution in [0.5, 0.6) is 0 Å². The molecule has 1 aromatic carbocycles. The number of amides is 1. The van der Waals surface area contributed by atoms with E-state index in [9.17, 15) is 18.0 Å². The van der Waals surface area contributed by atoms with Gasteiger partial charge in [0.1, 0.15) is 0 Å². The van der Waals surface area contributed by atoms with Crippen LogP contribution in [0.4, 0.5) is 18.9 Å². The molecule has 0 radical (unpaired) electrons. The van der Waals surface area contributed by atoms with Crippen molar-refractivity contribution in [2.24, 2.45) is 5.92 Å². The summed E-state index contributed by atoms with van der Waals surface area (Å²) in [5, 5.41) is 0. The van der Waals surface area contributed by atoms with Crippen LogP contribution in [0.25, 0.3) is 0 Å². The van der Waals surface area contributed by atoms with Crippen molar-refractivity contribution in [3.05, 3.63) is 29.3 Å². The zero-order valence-electron chi connectivity index (χ0n) is 10.3. The molecule has 1 saturated heterocycles. The lowest BCUT2D eigenvalue weighted by Crippen LogP contribution is -2.26. The molecule has 1 atom stereocenters. The van der Waals surface area contributed by atoms with E-state index in [-0.39, 0.29) is 17.4 Å². The summed E-state index contributed by atoms with van der Waals surface area (Å²) in [7, 11) is 0. The number of nitrogens with zero attached hydrogens (tertiary/aromatic N) is 1. The first-order chi connectivity index (χ1) is 8.84. The first-order valence-corrected chi connectivity index (χ1v) is 6.41. The highest BCUT2D eigenvalue weighted by molar-refractivity contribution is 6.18. The molecule has 1 aliphatic heterocycles. The van der Waals surface area contributed by atoms with E-state index in [1.165, 1.54) is 17.9 Å². The van der Waals surface area contributed by atoms with Gasteiger partial charge in [0.05, 0.1) is 5.56 Å². The summed E-state index contributed by atoms with van der Waals surface area (Å²) < 4.78 is 38.5. The average Bonchev–Trinajstić information content (AvgIpc) is 2.69. The van der Waals surface area contributed by atoms with E-state index in [4.69, 9.17) is 11.6 Å². The quantitative estimate of drug-likeness (QED) is 0.762. The molecule has 2 rings (SSSR count). The number of carbonyl (C=O) groups is 1. The minimum absolute atomic E-state index is 0.00288. The van der Waals surface area contributed by atoms with Crippen LogP contribution in [0.3, 0.4) is 0 Å². The summed E-state index contributed by atoms with van der Waals surface area (Å²) in [5.74, 6) is 0.163. The molecule has 0 spiro atoms. The van der Waals surface area contributed by atoms with Crippen LogP contribution in [0.15, 0.2) is 18.2 Å². The molecule has 1 amide bonds. The lowest BCUT2D eigenvalue weighted by molar-refractivity contribution is -0.138. The van der Waals surface area contributed by atoms with Crippen molar-refractivity contribution in [2.45, 2.75) is 19.5 Å². The van der Waals surface area contributed by atoms with Crippen LogP contribution in [0.1, 0.15) is 17.5 Å².